The summed E-state index contributed by atoms with van der Waals surface area (Å²) in [6, 6.07) is 13.4. The van der Waals surface area contributed by atoms with E-state index in [0.29, 0.717) is 17.1 Å². The smallest absolute Gasteiger partial charge is 0.258 e. The van der Waals surface area contributed by atoms with Crippen LogP contribution in [-0.4, -0.2) is 18.9 Å². The number of benzene rings is 2. The first kappa shape index (κ1) is 22.1. The molecule has 0 aliphatic heterocycles. The first-order chi connectivity index (χ1) is 14.2. The van der Waals surface area contributed by atoms with Crippen LogP contribution in [0, 0.1) is 20.8 Å². The van der Waals surface area contributed by atoms with Crippen molar-refractivity contribution < 1.29 is 13.2 Å². The van der Waals surface area contributed by atoms with Gasteiger partial charge in [-0.15, -0.1) is 0 Å². The lowest BCUT2D eigenvalue weighted by Crippen LogP contribution is -2.18. The monoisotopic (exact) mass is 444 g/mol. The molecule has 0 spiro atoms. The van der Waals surface area contributed by atoms with E-state index in [1.54, 1.807) is 55.5 Å². The molecule has 0 fully saturated rings. The third kappa shape index (κ3) is 4.02. The van der Waals surface area contributed by atoms with E-state index in [9.17, 15) is 13.2 Å². The third-order valence-corrected chi connectivity index (χ3v) is 7.43. The van der Waals surface area contributed by atoms with Crippen LogP contribution in [0.2, 0.25) is 5.02 Å². The molecule has 0 saturated heterocycles. The van der Waals surface area contributed by atoms with Gasteiger partial charge in [0.25, 0.3) is 5.91 Å². The summed E-state index contributed by atoms with van der Waals surface area (Å²) in [6.45, 7) is 8.12. The van der Waals surface area contributed by atoms with Crippen LogP contribution >= 0.6 is 11.6 Å². The molecule has 0 radical (unpaired) electrons. The molecule has 158 valence electrons. The fourth-order valence-corrected chi connectivity index (χ4v) is 5.36. The molecule has 0 atom stereocenters. The number of anilines is 1. The van der Waals surface area contributed by atoms with Gasteiger partial charge in [-0.3, -0.25) is 4.79 Å². The molecule has 0 aliphatic rings. The Balaban J connectivity index is 2.19. The quantitative estimate of drug-likeness (QED) is 0.541. The minimum absolute atomic E-state index is 0.123. The number of amides is 1. The van der Waals surface area contributed by atoms with Crippen molar-refractivity contribution >= 4 is 33.2 Å². The Morgan fingerprint density at radius 2 is 1.67 bits per heavy atom. The number of aryl methyl sites for hydroxylation is 1. The zero-order valence-electron chi connectivity index (χ0n) is 17.5. The van der Waals surface area contributed by atoms with Crippen molar-refractivity contribution in [1.29, 1.82) is 0 Å². The van der Waals surface area contributed by atoms with Crippen molar-refractivity contribution in [2.75, 3.05) is 5.32 Å². The summed E-state index contributed by atoms with van der Waals surface area (Å²) in [5, 5.41) is 3.14. The van der Waals surface area contributed by atoms with Gasteiger partial charge in [0.15, 0.2) is 0 Å². The van der Waals surface area contributed by atoms with E-state index in [0.717, 1.165) is 17.7 Å². The van der Waals surface area contributed by atoms with Gasteiger partial charge in [-0.1, -0.05) is 48.4 Å². The van der Waals surface area contributed by atoms with Crippen LogP contribution < -0.4 is 5.32 Å². The van der Waals surface area contributed by atoms with E-state index in [1.807, 2.05) is 25.3 Å². The Bertz CT molecular complexity index is 1200. The number of aromatic nitrogens is 1. The fraction of sp³-hybridized carbons (Fsp3) is 0.261. The summed E-state index contributed by atoms with van der Waals surface area (Å²) in [6.07, 6.45) is 0.786. The molecule has 3 aromatic rings. The molecule has 0 aliphatic carbocycles. The molecule has 30 heavy (non-hydrogen) atoms. The molecule has 1 aromatic heterocycles. The van der Waals surface area contributed by atoms with Crippen molar-refractivity contribution in [3.05, 3.63) is 75.9 Å². The minimum Gasteiger partial charge on any atom is -0.331 e. The number of hydrogen-bond donors (Lipinski definition) is 1. The minimum atomic E-state index is -3.84. The van der Waals surface area contributed by atoms with Crippen LogP contribution in [0.1, 0.15) is 40.5 Å². The summed E-state index contributed by atoms with van der Waals surface area (Å²) in [5.74, 6) is -0.173. The van der Waals surface area contributed by atoms with Crippen LogP contribution in [0.15, 0.2) is 58.3 Å². The highest BCUT2D eigenvalue weighted by molar-refractivity contribution is 7.91. The molecule has 5 nitrogen and oxygen atoms in total. The van der Waals surface area contributed by atoms with E-state index >= 15 is 0 Å². The Kier molecular flexibility index (Phi) is 6.38. The number of nitrogens with one attached hydrogen (secondary N) is 1. The van der Waals surface area contributed by atoms with Crippen LogP contribution in [0.4, 0.5) is 5.82 Å². The van der Waals surface area contributed by atoms with Crippen LogP contribution in [0.3, 0.4) is 0 Å². The number of nitrogens with zero attached hydrogens (tertiary/aromatic N) is 1. The second kappa shape index (κ2) is 8.66. The summed E-state index contributed by atoms with van der Waals surface area (Å²) >= 11 is 6.18. The van der Waals surface area contributed by atoms with Crippen molar-refractivity contribution in [3.63, 3.8) is 0 Å². The van der Waals surface area contributed by atoms with Gasteiger partial charge in [-0.25, -0.2) is 8.42 Å². The first-order valence-electron chi connectivity index (χ1n) is 9.75. The van der Waals surface area contributed by atoms with E-state index in [1.165, 1.54) is 0 Å². The second-order valence-corrected chi connectivity index (χ2v) is 9.58. The van der Waals surface area contributed by atoms with E-state index in [4.69, 9.17) is 11.6 Å². The molecule has 7 heteroatoms. The molecule has 0 unspecified atom stereocenters. The van der Waals surface area contributed by atoms with Crippen LogP contribution in [0.5, 0.6) is 0 Å². The highest BCUT2D eigenvalue weighted by Crippen LogP contribution is 2.36. The number of carbonyl (C=O) groups is 1. The highest BCUT2D eigenvalue weighted by Gasteiger charge is 2.30. The number of halogens is 1. The Labute approximate surface area is 182 Å². The lowest BCUT2D eigenvalue weighted by molar-refractivity contribution is 0.102. The predicted octanol–water partition coefficient (Wildman–Crippen LogP) is 5.56. The Morgan fingerprint density at radius 1 is 1.03 bits per heavy atom. The molecular weight excluding hydrogens is 420 g/mol. The molecule has 0 saturated carbocycles. The molecular formula is C23H25ClN2O3S. The largest absolute Gasteiger partial charge is 0.331 e. The van der Waals surface area contributed by atoms with Crippen LogP contribution in [-0.2, 0) is 16.4 Å². The van der Waals surface area contributed by atoms with Crippen molar-refractivity contribution in [1.82, 2.24) is 4.57 Å². The van der Waals surface area contributed by atoms with Gasteiger partial charge < -0.3 is 9.88 Å². The first-order valence-corrected chi connectivity index (χ1v) is 11.6. The lowest BCUT2D eigenvalue weighted by atomic mass is 10.2. The fourth-order valence-electron chi connectivity index (χ4n) is 3.45. The van der Waals surface area contributed by atoms with E-state index in [2.05, 4.69) is 5.32 Å². The summed E-state index contributed by atoms with van der Waals surface area (Å²) in [4.78, 5) is 13.3. The predicted molar refractivity (Wildman–Crippen MR) is 120 cm³/mol. The SMILES string of the molecule is CCCn1c(C)c(C)c(S(=O)(=O)c2ccc(C)cc2)c1NC(=O)c1ccccc1Cl. The average Bonchev–Trinajstić information content (AvgIpc) is 2.93. The average molecular weight is 445 g/mol. The Hall–Kier alpha value is -2.57. The maximum atomic E-state index is 13.6. The molecule has 1 amide bonds. The summed E-state index contributed by atoms with van der Waals surface area (Å²) in [7, 11) is -3.84. The molecule has 0 bridgehead atoms. The zero-order chi connectivity index (χ0) is 22.1. The van der Waals surface area contributed by atoms with Gasteiger partial charge >= 0.3 is 0 Å². The van der Waals surface area contributed by atoms with Crippen LogP contribution in [0.25, 0.3) is 0 Å². The maximum Gasteiger partial charge on any atom is 0.258 e. The van der Waals surface area contributed by atoms with Gasteiger partial charge in [0.2, 0.25) is 9.84 Å². The standard InChI is InChI=1S/C23H25ClN2O3S/c1-5-14-26-17(4)16(3)21(30(28,29)18-12-10-15(2)11-13-18)22(26)25-23(27)19-8-6-7-9-20(19)24/h6-13H,5,14H2,1-4H3,(H,25,27). The third-order valence-electron chi connectivity index (χ3n) is 5.17. The van der Waals surface area contributed by atoms with Crippen molar-refractivity contribution in [3.8, 4) is 0 Å². The lowest BCUT2D eigenvalue weighted by Gasteiger charge is -2.14. The molecule has 3 rings (SSSR count). The Morgan fingerprint density at radius 3 is 2.27 bits per heavy atom. The second-order valence-electron chi connectivity index (χ2n) is 7.29. The van der Waals surface area contributed by atoms with Crippen molar-refractivity contribution in [2.24, 2.45) is 0 Å². The molecule has 1 heterocycles. The topological polar surface area (TPSA) is 68.2 Å². The molecule has 1 N–H and O–H groups in total. The molecule has 2 aromatic carbocycles. The van der Waals surface area contributed by atoms with E-state index < -0.39 is 15.7 Å². The van der Waals surface area contributed by atoms with E-state index in [-0.39, 0.29) is 21.2 Å². The highest BCUT2D eigenvalue weighted by atomic mass is 35.5. The summed E-state index contributed by atoms with van der Waals surface area (Å²) < 4.78 is 29.0. The number of rotatable bonds is 6. The van der Waals surface area contributed by atoms with Crippen molar-refractivity contribution in [2.45, 2.75) is 50.5 Å². The van der Waals surface area contributed by atoms with Gasteiger partial charge in [0, 0.05) is 12.2 Å². The number of sulfone groups is 1. The van der Waals surface area contributed by atoms with Gasteiger partial charge in [0.1, 0.15) is 10.7 Å². The summed E-state index contributed by atoms with van der Waals surface area (Å²) in [5.41, 5.74) is 2.69. The maximum absolute atomic E-state index is 13.6. The number of carbonyl (C=O) groups excluding carboxylic acids is 1. The zero-order valence-corrected chi connectivity index (χ0v) is 19.1. The van der Waals surface area contributed by atoms with Gasteiger partial charge in [0.05, 0.1) is 15.5 Å². The van der Waals surface area contributed by atoms with Gasteiger partial charge in [-0.2, -0.15) is 0 Å². The normalized spacial score (nSPS) is 11.5. The number of hydrogen-bond acceptors (Lipinski definition) is 3. The van der Waals surface area contributed by atoms with Gasteiger partial charge in [-0.05, 0) is 57.0 Å².